The lowest BCUT2D eigenvalue weighted by atomic mass is 10.1. The van der Waals surface area contributed by atoms with Gasteiger partial charge in [-0.15, -0.1) is 0 Å². The van der Waals surface area contributed by atoms with Gasteiger partial charge >= 0.3 is 5.97 Å². The molecule has 7 nitrogen and oxygen atoms in total. The van der Waals surface area contributed by atoms with Gasteiger partial charge in [0.15, 0.2) is 9.84 Å². The number of methoxy groups -OCH3 is 1. The van der Waals surface area contributed by atoms with Gasteiger partial charge in [0, 0.05) is 11.9 Å². The van der Waals surface area contributed by atoms with E-state index in [1.807, 2.05) is 6.92 Å². The zero-order valence-electron chi connectivity index (χ0n) is 16.0. The van der Waals surface area contributed by atoms with Crippen molar-refractivity contribution in [2.75, 3.05) is 13.4 Å². The summed E-state index contributed by atoms with van der Waals surface area (Å²) in [7, 11) is -1.97. The van der Waals surface area contributed by atoms with Crippen molar-refractivity contribution in [2.24, 2.45) is 0 Å². The Labute approximate surface area is 159 Å². The van der Waals surface area contributed by atoms with Crippen LogP contribution in [0.4, 0.5) is 0 Å². The van der Waals surface area contributed by atoms with Gasteiger partial charge in [-0.05, 0) is 43.5 Å². The highest BCUT2D eigenvalue weighted by Crippen LogP contribution is 2.22. The number of benzene rings is 1. The average molecular weight is 392 g/mol. The second-order valence-electron chi connectivity index (χ2n) is 6.36. The zero-order valence-corrected chi connectivity index (χ0v) is 16.9. The summed E-state index contributed by atoms with van der Waals surface area (Å²) in [6.45, 7) is 5.38. The Hall–Kier alpha value is -2.61. The summed E-state index contributed by atoms with van der Waals surface area (Å²) >= 11 is 0. The number of amides is 1. The van der Waals surface area contributed by atoms with Crippen LogP contribution in [0.15, 0.2) is 29.2 Å². The first-order valence-electron chi connectivity index (χ1n) is 8.50. The maximum Gasteiger partial charge on any atom is 0.339 e. The third kappa shape index (κ3) is 4.39. The minimum absolute atomic E-state index is 0.222. The summed E-state index contributed by atoms with van der Waals surface area (Å²) in [5.41, 5.74) is 2.65. The molecule has 0 aliphatic heterocycles. The molecule has 1 aromatic carbocycles. The third-order valence-electron chi connectivity index (χ3n) is 4.45. The van der Waals surface area contributed by atoms with E-state index in [1.54, 1.807) is 26.0 Å². The molecule has 2 N–H and O–H groups in total. The van der Waals surface area contributed by atoms with Crippen LogP contribution in [0.1, 0.15) is 57.6 Å². The number of H-pyrrole nitrogens is 1. The molecule has 0 saturated heterocycles. The average Bonchev–Trinajstić information content (AvgIpc) is 2.97. The summed E-state index contributed by atoms with van der Waals surface area (Å²) in [4.78, 5) is 27.9. The number of hydrogen-bond acceptors (Lipinski definition) is 5. The van der Waals surface area contributed by atoms with Crippen molar-refractivity contribution in [1.82, 2.24) is 10.3 Å². The number of aromatic amines is 1. The van der Waals surface area contributed by atoms with Crippen LogP contribution in [0.25, 0.3) is 0 Å². The normalized spacial score (nSPS) is 12.5. The maximum atomic E-state index is 12.7. The Morgan fingerprint density at radius 3 is 2.30 bits per heavy atom. The molecule has 0 saturated carbocycles. The van der Waals surface area contributed by atoms with Crippen molar-refractivity contribution in [2.45, 2.75) is 38.1 Å². The Kier molecular flexibility index (Phi) is 6.10. The highest BCUT2D eigenvalue weighted by Gasteiger charge is 2.24. The van der Waals surface area contributed by atoms with Crippen LogP contribution >= 0.6 is 0 Å². The Balaban J connectivity index is 2.24. The van der Waals surface area contributed by atoms with Gasteiger partial charge in [0.05, 0.1) is 23.6 Å². The highest BCUT2D eigenvalue weighted by molar-refractivity contribution is 7.90. The number of rotatable bonds is 6. The van der Waals surface area contributed by atoms with Crippen molar-refractivity contribution in [1.29, 1.82) is 0 Å². The number of ether oxygens (including phenoxy) is 1. The number of esters is 1. The SMILES string of the molecule is CCc1[nH]c(C(=O)N[C@@H](C)c2ccc(S(C)(=O)=O)cc2)c(C)c1C(=O)OC. The molecule has 146 valence electrons. The van der Waals surface area contributed by atoms with Gasteiger partial charge in [-0.2, -0.15) is 0 Å². The van der Waals surface area contributed by atoms with Crippen LogP contribution in [0, 0.1) is 6.92 Å². The predicted octanol–water partition coefficient (Wildman–Crippen LogP) is 2.57. The van der Waals surface area contributed by atoms with E-state index in [9.17, 15) is 18.0 Å². The van der Waals surface area contributed by atoms with E-state index in [0.29, 0.717) is 28.9 Å². The van der Waals surface area contributed by atoms with E-state index in [1.165, 1.54) is 19.2 Å². The fourth-order valence-electron chi connectivity index (χ4n) is 2.88. The van der Waals surface area contributed by atoms with Crippen LogP contribution in [-0.4, -0.2) is 38.6 Å². The Morgan fingerprint density at radius 2 is 1.81 bits per heavy atom. The van der Waals surface area contributed by atoms with Crippen LogP contribution in [0.5, 0.6) is 0 Å². The highest BCUT2D eigenvalue weighted by atomic mass is 32.2. The lowest BCUT2D eigenvalue weighted by Gasteiger charge is -2.14. The molecule has 8 heteroatoms. The summed E-state index contributed by atoms with van der Waals surface area (Å²) in [6, 6.07) is 6.01. The smallest absolute Gasteiger partial charge is 0.339 e. The van der Waals surface area contributed by atoms with E-state index in [2.05, 4.69) is 10.3 Å². The first-order chi connectivity index (χ1) is 12.6. The lowest BCUT2D eigenvalue weighted by molar-refractivity contribution is 0.0599. The molecule has 1 amide bonds. The van der Waals surface area contributed by atoms with Gasteiger partial charge in [0.2, 0.25) is 0 Å². The number of carbonyl (C=O) groups excluding carboxylic acids is 2. The minimum Gasteiger partial charge on any atom is -0.465 e. The molecular formula is C19H24N2O5S. The molecule has 1 atom stereocenters. The second-order valence-corrected chi connectivity index (χ2v) is 8.38. The monoisotopic (exact) mass is 392 g/mol. The van der Waals surface area contributed by atoms with Crippen LogP contribution in [-0.2, 0) is 21.0 Å². The number of carbonyl (C=O) groups is 2. The molecule has 2 aromatic rings. The summed E-state index contributed by atoms with van der Waals surface area (Å²) in [5, 5.41) is 2.86. The molecule has 0 radical (unpaired) electrons. The molecule has 0 aliphatic rings. The van der Waals surface area contributed by atoms with Gasteiger partial charge in [0.25, 0.3) is 5.91 Å². The van der Waals surface area contributed by atoms with E-state index in [0.717, 1.165) is 11.8 Å². The fourth-order valence-corrected chi connectivity index (χ4v) is 3.52. The van der Waals surface area contributed by atoms with Gasteiger partial charge in [0.1, 0.15) is 5.69 Å². The molecule has 0 bridgehead atoms. The molecule has 0 unspecified atom stereocenters. The van der Waals surface area contributed by atoms with Gasteiger partial charge in [-0.3, -0.25) is 4.79 Å². The van der Waals surface area contributed by atoms with Crippen molar-refractivity contribution < 1.29 is 22.7 Å². The largest absolute Gasteiger partial charge is 0.465 e. The number of hydrogen-bond donors (Lipinski definition) is 2. The molecule has 1 heterocycles. The molecule has 0 spiro atoms. The van der Waals surface area contributed by atoms with Crippen molar-refractivity contribution in [3.63, 3.8) is 0 Å². The first kappa shape index (κ1) is 20.7. The first-order valence-corrected chi connectivity index (χ1v) is 10.4. The zero-order chi connectivity index (χ0) is 20.4. The topological polar surface area (TPSA) is 105 Å². The standard InChI is InChI=1S/C19H24N2O5S/c1-6-15-16(19(23)26-4)11(2)17(21-15)18(22)20-12(3)13-7-9-14(10-8-13)27(5,24)25/h7-10,12,21H,6H2,1-5H3,(H,20,22)/t12-/m0/s1. The van der Waals surface area contributed by atoms with E-state index < -0.39 is 15.8 Å². The van der Waals surface area contributed by atoms with Crippen LogP contribution < -0.4 is 5.32 Å². The minimum atomic E-state index is -3.27. The second kappa shape index (κ2) is 7.96. The summed E-state index contributed by atoms with van der Waals surface area (Å²) < 4.78 is 27.9. The van der Waals surface area contributed by atoms with Crippen LogP contribution in [0.3, 0.4) is 0 Å². The fraction of sp³-hybridized carbons (Fsp3) is 0.368. The van der Waals surface area contributed by atoms with Gasteiger partial charge in [-0.1, -0.05) is 19.1 Å². The number of aromatic nitrogens is 1. The quantitative estimate of drug-likeness (QED) is 0.735. The predicted molar refractivity (Wildman–Crippen MR) is 102 cm³/mol. The molecule has 0 aliphatic carbocycles. The van der Waals surface area contributed by atoms with E-state index in [4.69, 9.17) is 4.74 Å². The van der Waals surface area contributed by atoms with Crippen molar-refractivity contribution in [3.05, 3.63) is 52.3 Å². The Bertz CT molecular complexity index is 959. The molecule has 2 rings (SSSR count). The number of nitrogens with one attached hydrogen (secondary N) is 2. The van der Waals surface area contributed by atoms with Gasteiger partial charge < -0.3 is 15.0 Å². The maximum absolute atomic E-state index is 12.7. The number of aryl methyl sites for hydroxylation is 1. The molecule has 27 heavy (non-hydrogen) atoms. The van der Waals surface area contributed by atoms with E-state index in [-0.39, 0.29) is 16.8 Å². The summed E-state index contributed by atoms with van der Waals surface area (Å²) in [6.07, 6.45) is 1.70. The van der Waals surface area contributed by atoms with Crippen molar-refractivity contribution in [3.8, 4) is 0 Å². The Morgan fingerprint density at radius 1 is 1.22 bits per heavy atom. The molecule has 0 fully saturated rings. The third-order valence-corrected chi connectivity index (χ3v) is 5.58. The molecular weight excluding hydrogens is 368 g/mol. The lowest BCUT2D eigenvalue weighted by Crippen LogP contribution is -2.27. The number of sulfone groups is 1. The van der Waals surface area contributed by atoms with Gasteiger partial charge in [-0.25, -0.2) is 13.2 Å². The molecule has 1 aromatic heterocycles. The summed E-state index contributed by atoms with van der Waals surface area (Å²) in [5.74, 6) is -0.832. The van der Waals surface area contributed by atoms with E-state index >= 15 is 0 Å². The van der Waals surface area contributed by atoms with Crippen LogP contribution in [0.2, 0.25) is 0 Å². The van der Waals surface area contributed by atoms with Crippen molar-refractivity contribution >= 4 is 21.7 Å².